The van der Waals surface area contributed by atoms with Crippen LogP contribution in [0.4, 0.5) is 33.6 Å². The van der Waals surface area contributed by atoms with Crippen molar-refractivity contribution in [3.05, 3.63) is 108 Å². The van der Waals surface area contributed by atoms with E-state index in [2.05, 4.69) is 75.0 Å². The molecule has 0 atom stereocenters. The number of hydrogen-bond acceptors (Lipinski definition) is 7. The molecule has 6 aromatic rings. The van der Waals surface area contributed by atoms with Crippen LogP contribution < -0.4 is 19.9 Å². The van der Waals surface area contributed by atoms with Gasteiger partial charge in [-0.1, -0.05) is 36.4 Å². The predicted octanol–water partition coefficient (Wildman–Crippen LogP) is 8.05. The lowest BCUT2D eigenvalue weighted by molar-refractivity contribution is 0.209. The molecule has 1 fully saturated rings. The second-order valence-corrected chi connectivity index (χ2v) is 12.1. The number of hydrogen-bond donors (Lipinski definition) is 1. The number of likely N-dealkylation sites (N-methyl/N-ethyl adjacent to an activating group) is 1. The summed E-state index contributed by atoms with van der Waals surface area (Å²) in [7, 11) is 2.16. The van der Waals surface area contributed by atoms with E-state index in [1.165, 1.54) is 10.6 Å². The minimum absolute atomic E-state index is 0.378. The van der Waals surface area contributed by atoms with Crippen molar-refractivity contribution in [2.45, 2.75) is 27.3 Å². The van der Waals surface area contributed by atoms with Crippen molar-refractivity contribution in [3.63, 3.8) is 0 Å². The first kappa shape index (κ1) is 30.3. The van der Waals surface area contributed by atoms with Crippen LogP contribution in [0, 0.1) is 13.8 Å². The Hall–Kier alpha value is -5.41. The maximum atomic E-state index is 14.2. The summed E-state index contributed by atoms with van der Waals surface area (Å²) < 4.78 is 8.39. The number of rotatable bonds is 7. The second-order valence-electron chi connectivity index (χ2n) is 12.1. The maximum Gasteiger partial charge on any atom is 0.425 e. The Morgan fingerprint density at radius 1 is 0.851 bits per heavy atom. The molecule has 1 amide bonds. The topological polar surface area (TPSA) is 78.8 Å². The van der Waals surface area contributed by atoms with Gasteiger partial charge in [0.15, 0.2) is 0 Å². The Morgan fingerprint density at radius 2 is 1.57 bits per heavy atom. The van der Waals surface area contributed by atoms with Crippen molar-refractivity contribution in [1.82, 2.24) is 19.4 Å². The van der Waals surface area contributed by atoms with Gasteiger partial charge in [-0.05, 0) is 87.5 Å². The zero-order valence-corrected chi connectivity index (χ0v) is 27.3. The van der Waals surface area contributed by atoms with E-state index in [0.717, 1.165) is 71.3 Å². The molecule has 9 heteroatoms. The summed E-state index contributed by atoms with van der Waals surface area (Å²) in [4.78, 5) is 29.7. The van der Waals surface area contributed by atoms with E-state index in [1.54, 1.807) is 12.3 Å². The average Bonchev–Trinajstić information content (AvgIpc) is 3.40. The third-order valence-electron chi connectivity index (χ3n) is 8.97. The van der Waals surface area contributed by atoms with E-state index >= 15 is 0 Å². The Kier molecular flexibility index (Phi) is 8.22. The van der Waals surface area contributed by atoms with E-state index in [0.29, 0.717) is 23.2 Å². The largest absolute Gasteiger partial charge is 0.425 e. The molecule has 0 spiro atoms. The van der Waals surface area contributed by atoms with E-state index in [4.69, 9.17) is 9.72 Å². The van der Waals surface area contributed by atoms with Gasteiger partial charge in [0.05, 0.1) is 5.69 Å². The number of aryl methyl sites for hydroxylation is 3. The molecule has 238 valence electrons. The van der Waals surface area contributed by atoms with E-state index in [1.807, 2.05) is 62.4 Å². The molecule has 7 rings (SSSR count). The number of amides is 1. The van der Waals surface area contributed by atoms with Crippen molar-refractivity contribution < 1.29 is 9.53 Å². The first-order valence-corrected chi connectivity index (χ1v) is 16.1. The summed E-state index contributed by atoms with van der Waals surface area (Å²) in [5.74, 6) is 1.31. The number of fused-ring (bicyclic) bond motifs is 3. The SMILES string of the molecule is CCn1c2ccccc2c2cc(N(C(=O)Oc3c(C)cccc3C)c3ccnc(Nc4ccc(N5CCN(C)CC5)cc4)n3)ccc21. The lowest BCUT2D eigenvalue weighted by Crippen LogP contribution is -2.44. The van der Waals surface area contributed by atoms with Gasteiger partial charge in [0, 0.05) is 78.2 Å². The highest BCUT2D eigenvalue weighted by Gasteiger charge is 2.25. The van der Waals surface area contributed by atoms with Gasteiger partial charge in [-0.2, -0.15) is 4.98 Å². The first-order chi connectivity index (χ1) is 22.9. The molecular formula is C38H39N7O2. The number of nitrogens with zero attached hydrogens (tertiary/aromatic N) is 6. The number of anilines is 5. The lowest BCUT2D eigenvalue weighted by atomic mass is 10.1. The number of aromatic nitrogens is 3. The Labute approximate surface area is 275 Å². The van der Waals surface area contributed by atoms with Crippen LogP contribution in [0.1, 0.15) is 18.1 Å². The van der Waals surface area contributed by atoms with Crippen LogP contribution >= 0.6 is 0 Å². The van der Waals surface area contributed by atoms with Gasteiger partial charge in [0.2, 0.25) is 5.95 Å². The normalized spacial score (nSPS) is 13.7. The predicted molar refractivity (Wildman–Crippen MR) is 191 cm³/mol. The Balaban J connectivity index is 1.24. The number of piperazine rings is 1. The molecule has 1 aliphatic rings. The number of ether oxygens (including phenoxy) is 1. The number of nitrogens with one attached hydrogen (secondary N) is 1. The quantitative estimate of drug-likeness (QED) is 0.192. The molecule has 4 aromatic carbocycles. The summed E-state index contributed by atoms with van der Waals surface area (Å²) in [6.45, 7) is 11.0. The number of carbonyl (C=O) groups excluding carboxylic acids is 1. The van der Waals surface area contributed by atoms with Gasteiger partial charge in [-0.3, -0.25) is 0 Å². The fraction of sp³-hybridized carbons (Fsp3) is 0.237. The molecule has 47 heavy (non-hydrogen) atoms. The third-order valence-corrected chi connectivity index (χ3v) is 8.97. The third kappa shape index (κ3) is 5.97. The standard InChI is InChI=1S/C38H39N7O2/c1-5-44-33-12-7-6-11-31(33)32-25-30(17-18-34(32)44)45(38(46)47-36-26(2)9-8-10-27(36)3)35-19-20-39-37(41-35)40-28-13-15-29(16-14-28)43-23-21-42(4)22-24-43/h6-20,25H,5,21-24H2,1-4H3,(H,39,40,41). The summed E-state index contributed by atoms with van der Waals surface area (Å²) in [6, 6.07) is 30.3. The first-order valence-electron chi connectivity index (χ1n) is 16.1. The fourth-order valence-corrected chi connectivity index (χ4v) is 6.43. The minimum atomic E-state index is -0.554. The Bertz CT molecular complexity index is 2040. The van der Waals surface area contributed by atoms with Gasteiger partial charge in [-0.25, -0.2) is 14.7 Å². The van der Waals surface area contributed by atoms with Crippen LogP contribution in [0.15, 0.2) is 97.2 Å². The molecule has 0 saturated carbocycles. The van der Waals surface area contributed by atoms with Gasteiger partial charge in [0.1, 0.15) is 11.6 Å². The van der Waals surface area contributed by atoms with Crippen LogP contribution in [-0.2, 0) is 6.54 Å². The summed E-state index contributed by atoms with van der Waals surface area (Å²) in [5.41, 5.74) is 6.71. The van der Waals surface area contributed by atoms with Gasteiger partial charge < -0.3 is 24.4 Å². The van der Waals surface area contributed by atoms with Crippen LogP contribution in [0.25, 0.3) is 21.8 Å². The van der Waals surface area contributed by atoms with Crippen LogP contribution in [0.2, 0.25) is 0 Å². The van der Waals surface area contributed by atoms with Gasteiger partial charge >= 0.3 is 6.09 Å². The highest BCUT2D eigenvalue weighted by Crippen LogP contribution is 2.35. The van der Waals surface area contributed by atoms with Crippen molar-refractivity contribution in [2.75, 3.05) is 48.3 Å². The van der Waals surface area contributed by atoms with E-state index in [9.17, 15) is 4.79 Å². The van der Waals surface area contributed by atoms with Gasteiger partial charge in [-0.15, -0.1) is 0 Å². The number of para-hydroxylation sites is 2. The highest BCUT2D eigenvalue weighted by molar-refractivity contribution is 6.10. The zero-order chi connectivity index (χ0) is 32.5. The zero-order valence-electron chi connectivity index (χ0n) is 27.3. The lowest BCUT2D eigenvalue weighted by Gasteiger charge is -2.34. The van der Waals surface area contributed by atoms with Crippen molar-refractivity contribution in [1.29, 1.82) is 0 Å². The van der Waals surface area contributed by atoms with E-state index in [-0.39, 0.29) is 0 Å². The molecule has 3 heterocycles. The molecule has 9 nitrogen and oxygen atoms in total. The van der Waals surface area contributed by atoms with Crippen LogP contribution in [-0.4, -0.2) is 58.8 Å². The smallest absolute Gasteiger partial charge is 0.409 e. The summed E-state index contributed by atoms with van der Waals surface area (Å²) in [5, 5.41) is 5.51. The second kappa shape index (κ2) is 12.8. The molecule has 0 radical (unpaired) electrons. The van der Waals surface area contributed by atoms with Crippen LogP contribution in [0.5, 0.6) is 5.75 Å². The van der Waals surface area contributed by atoms with Gasteiger partial charge in [0.25, 0.3) is 0 Å². The molecule has 1 aliphatic heterocycles. The minimum Gasteiger partial charge on any atom is -0.409 e. The summed E-state index contributed by atoms with van der Waals surface area (Å²) >= 11 is 0. The number of benzene rings is 4. The molecule has 2 aromatic heterocycles. The number of carbonyl (C=O) groups is 1. The molecule has 0 aliphatic carbocycles. The molecule has 1 saturated heterocycles. The Morgan fingerprint density at radius 3 is 2.32 bits per heavy atom. The van der Waals surface area contributed by atoms with Crippen molar-refractivity contribution in [2.24, 2.45) is 0 Å². The molecule has 0 unspecified atom stereocenters. The molecule has 0 bridgehead atoms. The van der Waals surface area contributed by atoms with Crippen molar-refractivity contribution in [3.8, 4) is 5.75 Å². The van der Waals surface area contributed by atoms with Crippen molar-refractivity contribution >= 4 is 56.7 Å². The molecular weight excluding hydrogens is 586 g/mol. The summed E-state index contributed by atoms with van der Waals surface area (Å²) in [6.07, 6.45) is 1.10. The monoisotopic (exact) mass is 625 g/mol. The average molecular weight is 626 g/mol. The molecule has 1 N–H and O–H groups in total. The maximum absolute atomic E-state index is 14.2. The fourth-order valence-electron chi connectivity index (χ4n) is 6.43. The highest BCUT2D eigenvalue weighted by atomic mass is 16.6. The van der Waals surface area contributed by atoms with Crippen LogP contribution in [0.3, 0.4) is 0 Å². The van der Waals surface area contributed by atoms with E-state index < -0.39 is 6.09 Å².